The van der Waals surface area contributed by atoms with Crippen molar-refractivity contribution in [3.63, 3.8) is 0 Å². The van der Waals surface area contributed by atoms with Gasteiger partial charge in [-0.05, 0) is 59.0 Å². The van der Waals surface area contributed by atoms with Crippen molar-refractivity contribution in [3.8, 4) is 0 Å². The van der Waals surface area contributed by atoms with Gasteiger partial charge in [-0.25, -0.2) is 0 Å². The summed E-state index contributed by atoms with van der Waals surface area (Å²) in [5, 5.41) is 3.54. The van der Waals surface area contributed by atoms with Gasteiger partial charge in [-0.1, -0.05) is 99.6 Å². The Morgan fingerprint density at radius 1 is 0.613 bits per heavy atom. The monoisotopic (exact) mass is 405 g/mol. The molecule has 1 N–H and O–H groups in total. The molecule has 1 heteroatoms. The maximum Gasteiger partial charge on any atom is 0.0384 e. The SMILES string of the molecule is Cc1ccccc1C(C)c1ccc(Nc2ccc(C(C)(C)c3ccccc3)cc2)cc1. The fourth-order valence-corrected chi connectivity index (χ4v) is 4.27. The van der Waals surface area contributed by atoms with Crippen LogP contribution in [0, 0.1) is 6.92 Å². The van der Waals surface area contributed by atoms with Gasteiger partial charge in [0.1, 0.15) is 0 Å². The molecule has 0 saturated carbocycles. The molecule has 1 atom stereocenters. The zero-order valence-corrected chi connectivity index (χ0v) is 18.9. The van der Waals surface area contributed by atoms with Crippen LogP contribution in [0.1, 0.15) is 54.5 Å². The fourth-order valence-electron chi connectivity index (χ4n) is 4.27. The van der Waals surface area contributed by atoms with Gasteiger partial charge in [0.2, 0.25) is 0 Å². The molecule has 0 spiro atoms. The summed E-state index contributed by atoms with van der Waals surface area (Å²) in [6, 6.07) is 36.9. The largest absolute Gasteiger partial charge is 0.356 e. The van der Waals surface area contributed by atoms with Crippen LogP contribution in [-0.2, 0) is 5.41 Å². The van der Waals surface area contributed by atoms with Gasteiger partial charge in [-0.2, -0.15) is 0 Å². The number of hydrogen-bond donors (Lipinski definition) is 1. The van der Waals surface area contributed by atoms with Crippen LogP contribution in [0.3, 0.4) is 0 Å². The van der Waals surface area contributed by atoms with Gasteiger partial charge in [0.25, 0.3) is 0 Å². The molecule has 4 aromatic carbocycles. The third kappa shape index (κ3) is 4.56. The van der Waals surface area contributed by atoms with Crippen molar-refractivity contribution in [2.24, 2.45) is 0 Å². The molecule has 0 heterocycles. The summed E-state index contributed by atoms with van der Waals surface area (Å²) >= 11 is 0. The molecule has 0 bridgehead atoms. The topological polar surface area (TPSA) is 12.0 Å². The summed E-state index contributed by atoms with van der Waals surface area (Å²) in [4.78, 5) is 0. The molecular formula is C30H31N. The summed E-state index contributed by atoms with van der Waals surface area (Å²) in [7, 11) is 0. The molecule has 1 nitrogen and oxygen atoms in total. The maximum absolute atomic E-state index is 3.54. The van der Waals surface area contributed by atoms with E-state index in [0.29, 0.717) is 5.92 Å². The predicted octanol–water partition coefficient (Wildman–Crippen LogP) is 8.22. The number of hydrogen-bond acceptors (Lipinski definition) is 1. The second kappa shape index (κ2) is 8.81. The Hall–Kier alpha value is -3.32. The first-order valence-corrected chi connectivity index (χ1v) is 11.0. The van der Waals surface area contributed by atoms with Crippen LogP contribution in [0.2, 0.25) is 0 Å². The van der Waals surface area contributed by atoms with Gasteiger partial charge >= 0.3 is 0 Å². The lowest BCUT2D eigenvalue weighted by atomic mass is 9.78. The Morgan fingerprint density at radius 2 is 1.13 bits per heavy atom. The van der Waals surface area contributed by atoms with E-state index in [9.17, 15) is 0 Å². The number of aryl methyl sites for hydroxylation is 1. The quantitative estimate of drug-likeness (QED) is 0.341. The Kier molecular flexibility index (Phi) is 5.95. The van der Waals surface area contributed by atoms with Crippen LogP contribution in [0.5, 0.6) is 0 Å². The molecule has 0 aliphatic heterocycles. The van der Waals surface area contributed by atoms with Gasteiger partial charge in [-0.15, -0.1) is 0 Å². The zero-order valence-electron chi connectivity index (χ0n) is 18.9. The second-order valence-electron chi connectivity index (χ2n) is 8.89. The van der Waals surface area contributed by atoms with Crippen molar-refractivity contribution in [1.82, 2.24) is 0 Å². The number of benzene rings is 4. The van der Waals surface area contributed by atoms with Gasteiger partial charge < -0.3 is 5.32 Å². The highest BCUT2D eigenvalue weighted by Crippen LogP contribution is 2.33. The standard InChI is InChI=1S/C30H31N/c1-22-10-8-9-13-29(22)23(2)24-14-18-27(19-15-24)31-28-20-16-26(17-21-28)30(3,4)25-11-6-5-7-12-25/h5-21,23,31H,1-4H3. The van der Waals surface area contributed by atoms with E-state index < -0.39 is 0 Å². The van der Waals surface area contributed by atoms with E-state index in [0.717, 1.165) is 11.4 Å². The van der Waals surface area contributed by atoms with Crippen LogP contribution in [-0.4, -0.2) is 0 Å². The predicted molar refractivity (Wildman–Crippen MR) is 133 cm³/mol. The van der Waals surface area contributed by atoms with E-state index >= 15 is 0 Å². The first kappa shape index (κ1) is 20.9. The average molecular weight is 406 g/mol. The Morgan fingerprint density at radius 3 is 1.74 bits per heavy atom. The summed E-state index contributed by atoms with van der Waals surface area (Å²) in [5.41, 5.74) is 8.90. The average Bonchev–Trinajstić information content (AvgIpc) is 2.80. The van der Waals surface area contributed by atoms with Crippen molar-refractivity contribution in [2.75, 3.05) is 5.32 Å². The van der Waals surface area contributed by atoms with E-state index in [1.165, 1.54) is 27.8 Å². The third-order valence-electron chi connectivity index (χ3n) is 6.46. The first-order valence-electron chi connectivity index (χ1n) is 11.0. The molecule has 31 heavy (non-hydrogen) atoms. The molecule has 0 radical (unpaired) electrons. The van der Waals surface area contributed by atoms with Crippen LogP contribution in [0.4, 0.5) is 11.4 Å². The minimum atomic E-state index is -0.0207. The van der Waals surface area contributed by atoms with Crippen molar-refractivity contribution < 1.29 is 0 Å². The number of anilines is 2. The van der Waals surface area contributed by atoms with Crippen LogP contribution >= 0.6 is 0 Å². The molecule has 0 aliphatic carbocycles. The van der Waals surface area contributed by atoms with Crippen LogP contribution < -0.4 is 5.32 Å². The summed E-state index contributed by atoms with van der Waals surface area (Å²) in [6.07, 6.45) is 0. The lowest BCUT2D eigenvalue weighted by Gasteiger charge is -2.26. The molecule has 0 aromatic heterocycles. The molecule has 0 fully saturated rings. The molecular weight excluding hydrogens is 374 g/mol. The van der Waals surface area contributed by atoms with Crippen molar-refractivity contribution in [2.45, 2.75) is 39.0 Å². The zero-order chi connectivity index (χ0) is 21.8. The van der Waals surface area contributed by atoms with E-state index in [2.05, 4.69) is 136 Å². The fraction of sp³-hybridized carbons (Fsp3) is 0.200. The minimum Gasteiger partial charge on any atom is -0.356 e. The van der Waals surface area contributed by atoms with Crippen molar-refractivity contribution in [3.05, 3.63) is 131 Å². The van der Waals surface area contributed by atoms with E-state index in [1.807, 2.05) is 0 Å². The molecule has 156 valence electrons. The minimum absolute atomic E-state index is 0.0207. The molecule has 0 saturated heterocycles. The smallest absolute Gasteiger partial charge is 0.0384 e. The summed E-state index contributed by atoms with van der Waals surface area (Å²) in [5.74, 6) is 0.384. The Balaban J connectivity index is 1.47. The first-order chi connectivity index (χ1) is 14.9. The summed E-state index contributed by atoms with van der Waals surface area (Å²) in [6.45, 7) is 9.01. The molecule has 0 aliphatic rings. The lowest BCUT2D eigenvalue weighted by molar-refractivity contribution is 0.641. The van der Waals surface area contributed by atoms with Gasteiger partial charge in [0, 0.05) is 22.7 Å². The van der Waals surface area contributed by atoms with E-state index in [1.54, 1.807) is 0 Å². The second-order valence-corrected chi connectivity index (χ2v) is 8.89. The highest BCUT2D eigenvalue weighted by atomic mass is 14.9. The van der Waals surface area contributed by atoms with Crippen LogP contribution in [0.25, 0.3) is 0 Å². The van der Waals surface area contributed by atoms with Gasteiger partial charge in [0.15, 0.2) is 0 Å². The third-order valence-corrected chi connectivity index (χ3v) is 6.46. The van der Waals surface area contributed by atoms with Crippen molar-refractivity contribution >= 4 is 11.4 Å². The summed E-state index contributed by atoms with van der Waals surface area (Å²) < 4.78 is 0. The number of nitrogens with one attached hydrogen (secondary N) is 1. The highest BCUT2D eigenvalue weighted by Gasteiger charge is 2.22. The highest BCUT2D eigenvalue weighted by molar-refractivity contribution is 5.61. The molecule has 0 amide bonds. The molecule has 4 aromatic rings. The van der Waals surface area contributed by atoms with Crippen molar-refractivity contribution in [1.29, 1.82) is 0 Å². The van der Waals surface area contributed by atoms with Gasteiger partial charge in [0.05, 0.1) is 0 Å². The van der Waals surface area contributed by atoms with E-state index in [4.69, 9.17) is 0 Å². The van der Waals surface area contributed by atoms with Crippen LogP contribution in [0.15, 0.2) is 103 Å². The number of rotatable bonds is 6. The van der Waals surface area contributed by atoms with E-state index in [-0.39, 0.29) is 5.41 Å². The molecule has 4 rings (SSSR count). The maximum atomic E-state index is 3.54. The Labute approximate surface area is 186 Å². The molecule has 1 unspecified atom stereocenters. The normalized spacial score (nSPS) is 12.4. The lowest BCUT2D eigenvalue weighted by Crippen LogP contribution is -2.18. The Bertz CT molecular complexity index is 1120. The van der Waals surface area contributed by atoms with Gasteiger partial charge in [-0.3, -0.25) is 0 Å².